The monoisotopic (exact) mass is 397 g/mol. The van der Waals surface area contributed by atoms with Crippen molar-refractivity contribution in [3.63, 3.8) is 0 Å². The van der Waals surface area contributed by atoms with E-state index in [1.165, 1.54) is 10.7 Å². The summed E-state index contributed by atoms with van der Waals surface area (Å²) in [5.41, 5.74) is 1.54. The van der Waals surface area contributed by atoms with E-state index in [9.17, 15) is 13.5 Å². The number of halogens is 2. The average Bonchev–Trinajstić information content (AvgIpc) is 2.91. The Kier molecular flexibility index (Phi) is 4.86. The van der Waals surface area contributed by atoms with E-state index >= 15 is 0 Å². The van der Waals surface area contributed by atoms with Crippen molar-refractivity contribution in [3.8, 4) is 16.9 Å². The molecule has 0 radical (unpaired) electrons. The molecule has 0 unspecified atom stereocenters. The fourth-order valence-electron chi connectivity index (χ4n) is 2.45. The molecule has 2 aromatic carbocycles. The maximum atomic E-state index is 11.9. The molecule has 0 spiro atoms. The lowest BCUT2D eigenvalue weighted by Crippen LogP contribution is -2.16. The molecule has 0 amide bonds. The van der Waals surface area contributed by atoms with Crippen LogP contribution in [-0.4, -0.2) is 23.3 Å². The second-order valence-electron chi connectivity index (χ2n) is 5.20. The fraction of sp³-hybridized carbons (Fsp3) is 0.0625. The molecule has 0 aliphatic heterocycles. The van der Waals surface area contributed by atoms with Gasteiger partial charge in [0.15, 0.2) is 0 Å². The van der Waals surface area contributed by atoms with Gasteiger partial charge < -0.3 is 5.11 Å². The van der Waals surface area contributed by atoms with Crippen molar-refractivity contribution < 1.29 is 13.5 Å². The van der Waals surface area contributed by atoms with Gasteiger partial charge >= 0.3 is 0 Å². The van der Waals surface area contributed by atoms with E-state index in [4.69, 9.17) is 28.3 Å². The molecule has 9 heteroatoms. The number of rotatable bonds is 4. The first-order valence-electron chi connectivity index (χ1n) is 7.09. The Hall–Kier alpha value is -1.90. The molecule has 0 aliphatic carbocycles. The predicted octanol–water partition coefficient (Wildman–Crippen LogP) is 2.99. The Morgan fingerprint density at radius 1 is 1.08 bits per heavy atom. The highest BCUT2D eigenvalue weighted by Gasteiger charge is 2.23. The topological polar surface area (TPSA) is 98.2 Å². The summed E-state index contributed by atoms with van der Waals surface area (Å²) >= 11 is 12.3. The lowest BCUT2D eigenvalue weighted by molar-refractivity contribution is 0.276. The second-order valence-corrected chi connectivity index (χ2v) is 7.54. The van der Waals surface area contributed by atoms with Crippen molar-refractivity contribution >= 4 is 33.2 Å². The zero-order valence-electron chi connectivity index (χ0n) is 12.7. The minimum Gasteiger partial charge on any atom is -0.390 e. The number of sulfonamides is 1. The number of primary sulfonamides is 1. The van der Waals surface area contributed by atoms with E-state index in [1.54, 1.807) is 42.5 Å². The van der Waals surface area contributed by atoms with Crippen LogP contribution >= 0.6 is 23.2 Å². The molecule has 25 heavy (non-hydrogen) atoms. The molecule has 1 heterocycles. The predicted molar refractivity (Wildman–Crippen MR) is 96.3 cm³/mol. The highest BCUT2D eigenvalue weighted by molar-refractivity contribution is 7.89. The normalized spacial score (nSPS) is 11.7. The standard InChI is InChI=1S/C16H13Cl2N3O3S/c17-11-7-5-10(6-8-11)16-15(18)12(9-22)20-21(16)13-3-1-2-4-14(13)25(19,23)24/h1-8,22H,9H2,(H2,19,23,24). The first-order valence-corrected chi connectivity index (χ1v) is 9.39. The Bertz CT molecular complexity index is 1030. The molecule has 0 atom stereocenters. The zero-order valence-corrected chi connectivity index (χ0v) is 15.1. The molecule has 130 valence electrons. The first kappa shape index (κ1) is 17.9. The summed E-state index contributed by atoms with van der Waals surface area (Å²) in [7, 11) is -3.99. The van der Waals surface area contributed by atoms with Crippen LogP contribution in [0.25, 0.3) is 16.9 Å². The third-order valence-electron chi connectivity index (χ3n) is 3.56. The summed E-state index contributed by atoms with van der Waals surface area (Å²) in [6, 6.07) is 13.0. The van der Waals surface area contributed by atoms with Gasteiger partial charge in [0.2, 0.25) is 10.0 Å². The van der Waals surface area contributed by atoms with Crippen LogP contribution < -0.4 is 5.14 Å². The van der Waals surface area contributed by atoms with Crippen LogP contribution in [0.3, 0.4) is 0 Å². The lowest BCUT2D eigenvalue weighted by atomic mass is 10.1. The molecule has 6 nitrogen and oxygen atoms in total. The average molecular weight is 398 g/mol. The molecule has 1 aromatic heterocycles. The summed E-state index contributed by atoms with van der Waals surface area (Å²) in [5, 5.41) is 19.8. The number of nitrogens with two attached hydrogens (primary N) is 1. The van der Waals surface area contributed by atoms with Crippen molar-refractivity contribution in [2.75, 3.05) is 0 Å². The fourth-order valence-corrected chi connectivity index (χ4v) is 3.58. The van der Waals surface area contributed by atoms with Crippen molar-refractivity contribution in [1.29, 1.82) is 0 Å². The van der Waals surface area contributed by atoms with Crippen molar-refractivity contribution in [2.45, 2.75) is 11.5 Å². The molecule has 3 N–H and O–H groups in total. The van der Waals surface area contributed by atoms with E-state index in [0.29, 0.717) is 16.3 Å². The second kappa shape index (κ2) is 6.78. The summed E-state index contributed by atoms with van der Waals surface area (Å²) in [6.45, 7) is -0.399. The Morgan fingerprint density at radius 3 is 2.32 bits per heavy atom. The van der Waals surface area contributed by atoms with Crippen molar-refractivity contribution in [2.24, 2.45) is 5.14 Å². The highest BCUT2D eigenvalue weighted by atomic mass is 35.5. The minimum atomic E-state index is -3.99. The molecule has 0 saturated carbocycles. The Labute approximate surface area is 154 Å². The van der Waals surface area contributed by atoms with Crippen LogP contribution in [-0.2, 0) is 16.6 Å². The van der Waals surface area contributed by atoms with E-state index in [2.05, 4.69) is 5.10 Å². The smallest absolute Gasteiger partial charge is 0.240 e. The number of hydrogen-bond donors (Lipinski definition) is 2. The van der Waals surface area contributed by atoms with Gasteiger partial charge in [-0.2, -0.15) is 5.10 Å². The molecule has 0 aliphatic rings. The largest absolute Gasteiger partial charge is 0.390 e. The van der Waals surface area contributed by atoms with Crippen molar-refractivity contribution in [1.82, 2.24) is 9.78 Å². The highest BCUT2D eigenvalue weighted by Crippen LogP contribution is 2.35. The molecule has 0 fully saturated rings. The van der Waals surface area contributed by atoms with E-state index in [0.717, 1.165) is 0 Å². The maximum Gasteiger partial charge on any atom is 0.240 e. The zero-order chi connectivity index (χ0) is 18.2. The number of benzene rings is 2. The van der Waals surface area contributed by atoms with Gasteiger partial charge in [0.25, 0.3) is 0 Å². The third kappa shape index (κ3) is 3.42. The molecule has 0 bridgehead atoms. The van der Waals surface area contributed by atoms with Gasteiger partial charge in [-0.05, 0) is 24.3 Å². The molecule has 0 saturated heterocycles. The van der Waals surface area contributed by atoms with Crippen molar-refractivity contribution in [3.05, 3.63) is 64.3 Å². The Morgan fingerprint density at radius 2 is 1.72 bits per heavy atom. The summed E-state index contributed by atoms with van der Waals surface area (Å²) < 4.78 is 25.2. The van der Waals surface area contributed by atoms with Crippen LogP contribution in [0.4, 0.5) is 0 Å². The number of aliphatic hydroxyl groups is 1. The van der Waals surface area contributed by atoms with Gasteiger partial charge in [0.05, 0.1) is 23.0 Å². The first-order chi connectivity index (χ1) is 11.8. The quantitative estimate of drug-likeness (QED) is 0.706. The maximum absolute atomic E-state index is 11.9. The third-order valence-corrected chi connectivity index (χ3v) is 5.17. The lowest BCUT2D eigenvalue weighted by Gasteiger charge is -2.12. The van der Waals surface area contributed by atoms with Gasteiger partial charge in [-0.3, -0.25) is 0 Å². The van der Waals surface area contributed by atoms with Crippen LogP contribution in [0.5, 0.6) is 0 Å². The molecule has 3 aromatic rings. The summed E-state index contributed by atoms with van der Waals surface area (Å²) in [5.74, 6) is 0. The number of hydrogen-bond acceptors (Lipinski definition) is 4. The molecule has 3 rings (SSSR count). The van der Waals surface area contributed by atoms with Gasteiger partial charge in [0.1, 0.15) is 10.6 Å². The van der Waals surface area contributed by atoms with Gasteiger partial charge in [-0.1, -0.05) is 47.5 Å². The van der Waals surface area contributed by atoms with Gasteiger partial charge in [-0.15, -0.1) is 0 Å². The van der Waals surface area contributed by atoms with E-state index < -0.39 is 16.6 Å². The molecular weight excluding hydrogens is 385 g/mol. The Balaban J connectivity index is 2.34. The number of aliphatic hydroxyl groups excluding tert-OH is 1. The van der Waals surface area contributed by atoms with Gasteiger partial charge in [0, 0.05) is 10.6 Å². The van der Waals surface area contributed by atoms with Gasteiger partial charge in [-0.25, -0.2) is 18.2 Å². The number of para-hydroxylation sites is 1. The number of aromatic nitrogens is 2. The summed E-state index contributed by atoms with van der Waals surface area (Å²) in [4.78, 5) is -0.103. The number of nitrogens with zero attached hydrogens (tertiary/aromatic N) is 2. The van der Waals surface area contributed by atoms with Crippen LogP contribution in [0, 0.1) is 0 Å². The minimum absolute atomic E-state index is 0.103. The van der Waals surface area contributed by atoms with Crippen LogP contribution in [0.15, 0.2) is 53.4 Å². The SMILES string of the molecule is NS(=O)(=O)c1ccccc1-n1nc(CO)c(Cl)c1-c1ccc(Cl)cc1. The van der Waals surface area contributed by atoms with E-state index in [-0.39, 0.29) is 21.3 Å². The summed E-state index contributed by atoms with van der Waals surface area (Å²) in [6.07, 6.45) is 0. The molecular formula is C16H13Cl2N3O3S. The van der Waals surface area contributed by atoms with E-state index in [1.807, 2.05) is 0 Å². The van der Waals surface area contributed by atoms with Crippen LogP contribution in [0.2, 0.25) is 10.0 Å². The van der Waals surface area contributed by atoms with Crippen LogP contribution in [0.1, 0.15) is 5.69 Å².